The monoisotopic (exact) mass is 341 g/mol. The summed E-state index contributed by atoms with van der Waals surface area (Å²) in [6.07, 6.45) is 0.321. The molecule has 0 aliphatic carbocycles. The van der Waals surface area contributed by atoms with E-state index in [4.69, 9.17) is 9.47 Å². The minimum absolute atomic E-state index is 0.143. The number of benzene rings is 2. The lowest BCUT2D eigenvalue weighted by atomic mass is 10.1. The van der Waals surface area contributed by atoms with Gasteiger partial charge in [0.15, 0.2) is 6.10 Å². The summed E-state index contributed by atoms with van der Waals surface area (Å²) >= 11 is 0. The highest BCUT2D eigenvalue weighted by molar-refractivity contribution is 5.80. The minimum Gasteiger partial charge on any atom is -0.491 e. The normalized spacial score (nSPS) is 11.7. The van der Waals surface area contributed by atoms with E-state index in [0.717, 1.165) is 29.0 Å². The van der Waals surface area contributed by atoms with E-state index in [2.05, 4.69) is 25.2 Å². The third-order valence-electron chi connectivity index (χ3n) is 4.24. The maximum atomic E-state index is 12.2. The molecule has 0 fully saturated rings. The maximum absolute atomic E-state index is 12.2. The van der Waals surface area contributed by atoms with Gasteiger partial charge < -0.3 is 14.8 Å². The Labute approximate surface area is 150 Å². The Balaban J connectivity index is 1.79. The van der Waals surface area contributed by atoms with Gasteiger partial charge >= 0.3 is 0 Å². The van der Waals surface area contributed by atoms with Crippen molar-refractivity contribution in [2.45, 2.75) is 40.2 Å². The van der Waals surface area contributed by atoms with Crippen LogP contribution in [-0.4, -0.2) is 25.2 Å². The number of ether oxygens (including phenoxy) is 2. The van der Waals surface area contributed by atoms with Gasteiger partial charge in [0.1, 0.15) is 18.1 Å². The quantitative estimate of drug-likeness (QED) is 0.742. The van der Waals surface area contributed by atoms with Crippen molar-refractivity contribution in [2.24, 2.45) is 0 Å². The van der Waals surface area contributed by atoms with Crippen LogP contribution in [0, 0.1) is 13.8 Å². The van der Waals surface area contributed by atoms with Gasteiger partial charge in [0.25, 0.3) is 5.91 Å². The van der Waals surface area contributed by atoms with Crippen molar-refractivity contribution in [3.63, 3.8) is 0 Å². The molecule has 134 valence electrons. The molecule has 25 heavy (non-hydrogen) atoms. The van der Waals surface area contributed by atoms with Crippen LogP contribution in [0.15, 0.2) is 42.5 Å². The molecule has 4 heteroatoms. The van der Waals surface area contributed by atoms with Crippen LogP contribution in [0.2, 0.25) is 0 Å². The fraction of sp³-hybridized carbons (Fsp3) is 0.381. The Kier molecular flexibility index (Phi) is 6.87. The predicted octanol–water partition coefficient (Wildman–Crippen LogP) is 3.83. The molecule has 0 bridgehead atoms. The van der Waals surface area contributed by atoms with Crippen LogP contribution >= 0.6 is 0 Å². The fourth-order valence-corrected chi connectivity index (χ4v) is 2.51. The molecule has 0 unspecified atom stereocenters. The summed E-state index contributed by atoms with van der Waals surface area (Å²) in [5.41, 5.74) is 3.42. The van der Waals surface area contributed by atoms with E-state index in [1.165, 1.54) is 5.56 Å². The molecule has 0 spiro atoms. The lowest BCUT2D eigenvalue weighted by Gasteiger charge is -2.17. The number of hydrogen-bond acceptors (Lipinski definition) is 3. The van der Waals surface area contributed by atoms with E-state index in [9.17, 15) is 4.79 Å². The third kappa shape index (κ3) is 5.24. The molecule has 0 aromatic heterocycles. The summed E-state index contributed by atoms with van der Waals surface area (Å²) in [6.45, 7) is 8.77. The molecule has 2 aromatic carbocycles. The van der Waals surface area contributed by atoms with E-state index in [1.54, 1.807) is 6.92 Å². The Hall–Kier alpha value is -2.49. The predicted molar refractivity (Wildman–Crippen MR) is 100 cm³/mol. The molecule has 1 N–H and O–H groups in total. The van der Waals surface area contributed by atoms with Gasteiger partial charge in [0.05, 0.1) is 6.54 Å². The topological polar surface area (TPSA) is 47.6 Å². The fourth-order valence-electron chi connectivity index (χ4n) is 2.51. The Morgan fingerprint density at radius 3 is 2.56 bits per heavy atom. The number of aryl methyl sites for hydroxylation is 2. The molecule has 0 saturated carbocycles. The smallest absolute Gasteiger partial charge is 0.260 e. The van der Waals surface area contributed by atoms with Crippen LogP contribution in [-0.2, 0) is 11.2 Å². The molecule has 1 amide bonds. The Morgan fingerprint density at radius 2 is 1.80 bits per heavy atom. The van der Waals surface area contributed by atoms with Crippen molar-refractivity contribution in [3.8, 4) is 11.5 Å². The van der Waals surface area contributed by atoms with E-state index in [0.29, 0.717) is 13.2 Å². The number of amides is 1. The number of carbonyl (C=O) groups excluding carboxylic acids is 1. The highest BCUT2D eigenvalue weighted by Gasteiger charge is 2.15. The van der Waals surface area contributed by atoms with Crippen molar-refractivity contribution >= 4 is 5.91 Å². The molecule has 2 aromatic rings. The molecule has 1 atom stereocenters. The van der Waals surface area contributed by atoms with Crippen LogP contribution in [0.4, 0.5) is 0 Å². The van der Waals surface area contributed by atoms with Crippen LogP contribution in [0.1, 0.15) is 30.5 Å². The molecule has 2 rings (SSSR count). The number of carbonyl (C=O) groups is 1. The van der Waals surface area contributed by atoms with Gasteiger partial charge in [0.2, 0.25) is 0 Å². The number of hydrogen-bond donors (Lipinski definition) is 1. The number of para-hydroxylation sites is 1. The van der Waals surface area contributed by atoms with Crippen molar-refractivity contribution in [1.29, 1.82) is 0 Å². The first-order chi connectivity index (χ1) is 12.0. The molecule has 0 radical (unpaired) electrons. The minimum atomic E-state index is -0.548. The molecule has 4 nitrogen and oxygen atoms in total. The molecule has 0 saturated heterocycles. The van der Waals surface area contributed by atoms with Crippen LogP contribution < -0.4 is 14.8 Å². The largest absolute Gasteiger partial charge is 0.491 e. The first-order valence-electron chi connectivity index (χ1n) is 8.74. The van der Waals surface area contributed by atoms with Gasteiger partial charge in [-0.3, -0.25) is 4.79 Å². The van der Waals surface area contributed by atoms with E-state index in [-0.39, 0.29) is 5.91 Å². The van der Waals surface area contributed by atoms with Crippen molar-refractivity contribution < 1.29 is 14.3 Å². The SMILES string of the molecule is CCc1ccccc1O[C@H](C)C(=O)NCCOc1cccc(C)c1C. The van der Waals surface area contributed by atoms with Crippen molar-refractivity contribution in [1.82, 2.24) is 5.32 Å². The highest BCUT2D eigenvalue weighted by atomic mass is 16.5. The lowest BCUT2D eigenvalue weighted by molar-refractivity contribution is -0.127. The third-order valence-corrected chi connectivity index (χ3v) is 4.24. The molecule has 0 aliphatic heterocycles. The average molecular weight is 341 g/mol. The molecular formula is C21H27NO3. The Morgan fingerprint density at radius 1 is 1.08 bits per heavy atom. The molecule has 0 heterocycles. The van der Waals surface area contributed by atoms with E-state index < -0.39 is 6.10 Å². The molecular weight excluding hydrogens is 314 g/mol. The second kappa shape index (κ2) is 9.11. The van der Waals surface area contributed by atoms with Crippen LogP contribution in [0.5, 0.6) is 11.5 Å². The van der Waals surface area contributed by atoms with Crippen LogP contribution in [0.25, 0.3) is 0 Å². The van der Waals surface area contributed by atoms with Gasteiger partial charge in [-0.15, -0.1) is 0 Å². The summed E-state index contributed by atoms with van der Waals surface area (Å²) in [5, 5.41) is 2.86. The average Bonchev–Trinajstić information content (AvgIpc) is 2.62. The zero-order valence-corrected chi connectivity index (χ0v) is 15.5. The van der Waals surface area contributed by atoms with Gasteiger partial charge in [-0.25, -0.2) is 0 Å². The first kappa shape index (κ1) is 18.8. The van der Waals surface area contributed by atoms with Crippen molar-refractivity contribution in [2.75, 3.05) is 13.2 Å². The standard InChI is InChI=1S/C21H27NO3/c1-5-18-10-6-7-11-20(18)25-17(4)21(23)22-13-14-24-19-12-8-9-15(2)16(19)3/h6-12,17H,5,13-14H2,1-4H3,(H,22,23)/t17-/m1/s1. The lowest BCUT2D eigenvalue weighted by Crippen LogP contribution is -2.38. The first-order valence-corrected chi connectivity index (χ1v) is 8.74. The summed E-state index contributed by atoms with van der Waals surface area (Å²) < 4.78 is 11.5. The second-order valence-electron chi connectivity index (χ2n) is 6.06. The highest BCUT2D eigenvalue weighted by Crippen LogP contribution is 2.21. The second-order valence-corrected chi connectivity index (χ2v) is 6.06. The van der Waals surface area contributed by atoms with Gasteiger partial charge in [0, 0.05) is 0 Å². The summed E-state index contributed by atoms with van der Waals surface area (Å²) in [4.78, 5) is 12.2. The van der Waals surface area contributed by atoms with Crippen molar-refractivity contribution in [3.05, 3.63) is 59.2 Å². The van der Waals surface area contributed by atoms with E-state index >= 15 is 0 Å². The maximum Gasteiger partial charge on any atom is 0.260 e. The number of rotatable bonds is 8. The van der Waals surface area contributed by atoms with Gasteiger partial charge in [-0.05, 0) is 56.0 Å². The summed E-state index contributed by atoms with van der Waals surface area (Å²) in [6, 6.07) is 13.8. The zero-order valence-electron chi connectivity index (χ0n) is 15.5. The molecule has 0 aliphatic rings. The summed E-state index contributed by atoms with van der Waals surface area (Å²) in [5.74, 6) is 1.48. The Bertz CT molecular complexity index is 712. The number of nitrogens with one attached hydrogen (secondary N) is 1. The summed E-state index contributed by atoms with van der Waals surface area (Å²) in [7, 11) is 0. The van der Waals surface area contributed by atoms with E-state index in [1.807, 2.05) is 43.3 Å². The van der Waals surface area contributed by atoms with Crippen LogP contribution in [0.3, 0.4) is 0 Å². The van der Waals surface area contributed by atoms with Gasteiger partial charge in [-0.1, -0.05) is 37.3 Å². The zero-order chi connectivity index (χ0) is 18.2. The van der Waals surface area contributed by atoms with Gasteiger partial charge in [-0.2, -0.15) is 0 Å².